The van der Waals surface area contributed by atoms with Crippen LogP contribution in [0.5, 0.6) is 0 Å². The van der Waals surface area contributed by atoms with Crippen LogP contribution in [0.25, 0.3) is 0 Å². The molecule has 0 saturated heterocycles. The molecule has 2 nitrogen and oxygen atoms in total. The first kappa shape index (κ1) is 9.75. The molecule has 0 amide bonds. The van der Waals surface area contributed by atoms with E-state index in [2.05, 4.69) is 25.4 Å². The van der Waals surface area contributed by atoms with Gasteiger partial charge < -0.3 is 4.84 Å². The molecule has 0 spiro atoms. The third-order valence-electron chi connectivity index (χ3n) is 2.81. The van der Waals surface area contributed by atoms with E-state index in [0.29, 0.717) is 5.92 Å². The Balaban J connectivity index is 2.46. The number of hydrogen-bond acceptors (Lipinski definition) is 2. The molecule has 2 unspecified atom stereocenters. The first-order valence-corrected chi connectivity index (χ1v) is 4.68. The zero-order valence-corrected chi connectivity index (χ0v) is 8.26. The fourth-order valence-corrected chi connectivity index (χ4v) is 1.91. The zero-order chi connectivity index (χ0) is 8.97. The lowest BCUT2D eigenvalue weighted by atomic mass is 9.80. The van der Waals surface area contributed by atoms with Crippen LogP contribution in [0.2, 0.25) is 0 Å². The molecule has 0 heterocycles. The van der Waals surface area contributed by atoms with Crippen molar-refractivity contribution in [1.29, 1.82) is 0 Å². The first-order chi connectivity index (χ1) is 5.75. The Morgan fingerprint density at radius 2 is 2.42 bits per heavy atom. The monoisotopic (exact) mass is 169 g/mol. The fourth-order valence-electron chi connectivity index (χ4n) is 1.91. The molecule has 2 atom stereocenters. The summed E-state index contributed by atoms with van der Waals surface area (Å²) < 4.78 is 0. The maximum Gasteiger partial charge on any atom is 0.0572 e. The topological polar surface area (TPSA) is 21.3 Å². The summed E-state index contributed by atoms with van der Waals surface area (Å²) in [6.45, 7) is 5.48. The van der Waals surface area contributed by atoms with Crippen molar-refractivity contribution in [1.82, 2.24) is 5.48 Å². The zero-order valence-electron chi connectivity index (χ0n) is 8.26. The van der Waals surface area contributed by atoms with Crippen molar-refractivity contribution in [2.24, 2.45) is 11.8 Å². The SMILES string of the molecule is CONCC1C(C)=CCCC1C. The maximum absolute atomic E-state index is 4.86. The average molecular weight is 169 g/mol. The van der Waals surface area contributed by atoms with Crippen LogP contribution in [0.1, 0.15) is 26.7 Å². The molecule has 1 rings (SSSR count). The molecule has 0 fully saturated rings. The van der Waals surface area contributed by atoms with E-state index in [-0.39, 0.29) is 0 Å². The second-order valence-electron chi connectivity index (χ2n) is 3.66. The molecular weight excluding hydrogens is 150 g/mol. The second-order valence-corrected chi connectivity index (χ2v) is 3.66. The molecule has 0 saturated carbocycles. The summed E-state index contributed by atoms with van der Waals surface area (Å²) in [5.74, 6) is 1.45. The Labute approximate surface area is 74.9 Å². The van der Waals surface area contributed by atoms with Crippen LogP contribution < -0.4 is 5.48 Å². The largest absolute Gasteiger partial charge is 0.305 e. The van der Waals surface area contributed by atoms with Gasteiger partial charge in [-0.2, -0.15) is 0 Å². The molecule has 0 bridgehead atoms. The number of hydrogen-bond donors (Lipinski definition) is 1. The van der Waals surface area contributed by atoms with Gasteiger partial charge in [0.2, 0.25) is 0 Å². The predicted octanol–water partition coefficient (Wildman–Crippen LogP) is 2.13. The highest BCUT2D eigenvalue weighted by atomic mass is 16.6. The molecule has 2 heteroatoms. The molecule has 12 heavy (non-hydrogen) atoms. The molecule has 0 aromatic rings. The average Bonchev–Trinajstić information content (AvgIpc) is 2.04. The minimum Gasteiger partial charge on any atom is -0.305 e. The van der Waals surface area contributed by atoms with Crippen molar-refractivity contribution in [2.75, 3.05) is 13.7 Å². The first-order valence-electron chi connectivity index (χ1n) is 4.68. The number of nitrogens with one attached hydrogen (secondary N) is 1. The van der Waals surface area contributed by atoms with Gasteiger partial charge in [-0.1, -0.05) is 18.6 Å². The van der Waals surface area contributed by atoms with Gasteiger partial charge in [0.1, 0.15) is 0 Å². The van der Waals surface area contributed by atoms with Gasteiger partial charge in [0.25, 0.3) is 0 Å². The summed E-state index contributed by atoms with van der Waals surface area (Å²) in [5.41, 5.74) is 4.45. The predicted molar refractivity (Wildman–Crippen MR) is 50.7 cm³/mol. The van der Waals surface area contributed by atoms with E-state index in [1.165, 1.54) is 18.4 Å². The standard InChI is InChI=1S/C10H19NO/c1-8-5-4-6-9(2)10(8)7-11-12-3/h5,9-11H,4,6-7H2,1-3H3. The van der Waals surface area contributed by atoms with Gasteiger partial charge in [0, 0.05) is 6.54 Å². The van der Waals surface area contributed by atoms with Crippen LogP contribution in [0.3, 0.4) is 0 Å². The molecule has 0 aliphatic heterocycles. The minimum atomic E-state index is 0.665. The molecule has 0 aromatic heterocycles. The molecule has 0 aromatic carbocycles. The van der Waals surface area contributed by atoms with Crippen molar-refractivity contribution in [3.8, 4) is 0 Å². The van der Waals surface area contributed by atoms with E-state index >= 15 is 0 Å². The highest BCUT2D eigenvalue weighted by Crippen LogP contribution is 2.29. The van der Waals surface area contributed by atoms with Gasteiger partial charge in [-0.05, 0) is 31.6 Å². The molecule has 70 valence electrons. The Hall–Kier alpha value is -0.340. The quantitative estimate of drug-likeness (QED) is 0.516. The number of allylic oxidation sites excluding steroid dienone is 1. The van der Waals surface area contributed by atoms with Crippen LogP contribution in [0.15, 0.2) is 11.6 Å². The van der Waals surface area contributed by atoms with Crippen molar-refractivity contribution in [2.45, 2.75) is 26.7 Å². The lowest BCUT2D eigenvalue weighted by molar-refractivity contribution is 0.0759. The van der Waals surface area contributed by atoms with Gasteiger partial charge in [0.15, 0.2) is 0 Å². The van der Waals surface area contributed by atoms with E-state index in [4.69, 9.17) is 4.84 Å². The smallest absolute Gasteiger partial charge is 0.0572 e. The summed E-state index contributed by atoms with van der Waals surface area (Å²) in [4.78, 5) is 4.86. The Kier molecular flexibility index (Phi) is 3.76. The van der Waals surface area contributed by atoms with Crippen LogP contribution in [-0.4, -0.2) is 13.7 Å². The highest BCUT2D eigenvalue weighted by molar-refractivity contribution is 5.08. The summed E-state index contributed by atoms with van der Waals surface area (Å²) in [5, 5.41) is 0. The van der Waals surface area contributed by atoms with Crippen LogP contribution in [0.4, 0.5) is 0 Å². The van der Waals surface area contributed by atoms with E-state index < -0.39 is 0 Å². The third kappa shape index (κ3) is 2.32. The molecule has 1 aliphatic carbocycles. The lowest BCUT2D eigenvalue weighted by Gasteiger charge is -2.28. The van der Waals surface area contributed by atoms with E-state index in [1.54, 1.807) is 7.11 Å². The van der Waals surface area contributed by atoms with Gasteiger partial charge in [0.05, 0.1) is 7.11 Å². The minimum absolute atomic E-state index is 0.665. The molecule has 1 N–H and O–H groups in total. The Morgan fingerprint density at radius 3 is 3.00 bits per heavy atom. The molecule has 0 radical (unpaired) electrons. The Morgan fingerprint density at radius 1 is 1.67 bits per heavy atom. The number of hydroxylamine groups is 1. The maximum atomic E-state index is 4.86. The van der Waals surface area contributed by atoms with Crippen molar-refractivity contribution >= 4 is 0 Å². The van der Waals surface area contributed by atoms with Gasteiger partial charge >= 0.3 is 0 Å². The van der Waals surface area contributed by atoms with Crippen LogP contribution >= 0.6 is 0 Å². The van der Waals surface area contributed by atoms with Crippen LogP contribution in [-0.2, 0) is 4.84 Å². The van der Waals surface area contributed by atoms with E-state index in [1.807, 2.05) is 0 Å². The van der Waals surface area contributed by atoms with Gasteiger partial charge in [-0.25, -0.2) is 5.48 Å². The van der Waals surface area contributed by atoms with Crippen LogP contribution in [0, 0.1) is 11.8 Å². The van der Waals surface area contributed by atoms with Crippen molar-refractivity contribution in [3.05, 3.63) is 11.6 Å². The van der Waals surface area contributed by atoms with Gasteiger partial charge in [-0.15, -0.1) is 0 Å². The summed E-state index contributed by atoms with van der Waals surface area (Å²) in [7, 11) is 1.67. The number of rotatable bonds is 3. The third-order valence-corrected chi connectivity index (χ3v) is 2.81. The highest BCUT2D eigenvalue weighted by Gasteiger charge is 2.21. The van der Waals surface area contributed by atoms with E-state index in [9.17, 15) is 0 Å². The summed E-state index contributed by atoms with van der Waals surface area (Å²) in [6.07, 6.45) is 4.91. The van der Waals surface area contributed by atoms with Gasteiger partial charge in [-0.3, -0.25) is 0 Å². The van der Waals surface area contributed by atoms with Crippen molar-refractivity contribution < 1.29 is 4.84 Å². The summed E-state index contributed by atoms with van der Waals surface area (Å²) >= 11 is 0. The van der Waals surface area contributed by atoms with Crippen molar-refractivity contribution in [3.63, 3.8) is 0 Å². The molecular formula is C10H19NO. The fraction of sp³-hybridized carbons (Fsp3) is 0.800. The molecule has 1 aliphatic rings. The lowest BCUT2D eigenvalue weighted by Crippen LogP contribution is -2.29. The normalized spacial score (nSPS) is 30.1. The Bertz CT molecular complexity index is 165. The van der Waals surface area contributed by atoms with E-state index in [0.717, 1.165) is 12.5 Å². The second kappa shape index (κ2) is 4.63. The summed E-state index contributed by atoms with van der Waals surface area (Å²) in [6, 6.07) is 0.